The van der Waals surface area contributed by atoms with Gasteiger partial charge in [0.2, 0.25) is 5.91 Å². The number of carbonyl (C=O) groups is 1. The lowest BCUT2D eigenvalue weighted by molar-refractivity contribution is -0.125. The number of para-hydroxylation sites is 1. The maximum absolute atomic E-state index is 12.0. The predicted octanol–water partition coefficient (Wildman–Crippen LogP) is 1.95. The van der Waals surface area contributed by atoms with Gasteiger partial charge in [-0.2, -0.15) is 0 Å². The first-order chi connectivity index (χ1) is 9.81. The molecular formula is C16H17N3O. The topological polar surface area (TPSA) is 45.2 Å². The molecule has 0 bridgehead atoms. The molecule has 0 spiro atoms. The van der Waals surface area contributed by atoms with Crippen molar-refractivity contribution in [2.24, 2.45) is 5.92 Å². The van der Waals surface area contributed by atoms with Crippen LogP contribution in [0.4, 0.5) is 5.69 Å². The number of benzene rings is 1. The zero-order chi connectivity index (χ0) is 13.5. The van der Waals surface area contributed by atoms with Crippen LogP contribution in [0.1, 0.15) is 12.8 Å². The molecule has 20 heavy (non-hydrogen) atoms. The van der Waals surface area contributed by atoms with Gasteiger partial charge < -0.3 is 10.2 Å². The molecule has 0 unspecified atom stereocenters. The smallest absolute Gasteiger partial charge is 0.226 e. The summed E-state index contributed by atoms with van der Waals surface area (Å²) >= 11 is 0. The number of nitrogens with one attached hydrogen (secondary N) is 1. The molecule has 1 saturated carbocycles. The lowest BCUT2D eigenvalue weighted by Crippen LogP contribution is -2.54. The number of amides is 1. The van der Waals surface area contributed by atoms with Gasteiger partial charge in [-0.25, -0.2) is 0 Å². The summed E-state index contributed by atoms with van der Waals surface area (Å²) in [6.07, 6.45) is 4.14. The molecule has 4 rings (SSSR count). The number of anilines is 1. The Morgan fingerprint density at radius 1 is 1.20 bits per heavy atom. The van der Waals surface area contributed by atoms with Gasteiger partial charge in [0.05, 0.1) is 11.4 Å². The number of aromatic nitrogens is 1. The van der Waals surface area contributed by atoms with Crippen LogP contribution in [0, 0.1) is 5.92 Å². The molecule has 1 aliphatic heterocycles. The fourth-order valence-corrected chi connectivity index (χ4v) is 2.74. The van der Waals surface area contributed by atoms with Crippen molar-refractivity contribution in [2.75, 3.05) is 18.0 Å². The van der Waals surface area contributed by atoms with E-state index >= 15 is 0 Å². The number of fused-ring (bicyclic) bond motifs is 1. The van der Waals surface area contributed by atoms with E-state index in [2.05, 4.69) is 21.3 Å². The zero-order valence-electron chi connectivity index (χ0n) is 11.2. The second-order valence-electron chi connectivity index (χ2n) is 5.73. The third-order valence-corrected chi connectivity index (χ3v) is 4.14. The standard InChI is InChI=1S/C16H17N3O/c20-16(18-12-5-6-12)11-9-19(10-11)15-7-8-17-14-4-2-1-3-13(14)15/h1-4,7-8,11-12H,5-6,9-10H2,(H,18,20). The molecule has 2 aliphatic rings. The lowest BCUT2D eigenvalue weighted by atomic mass is 9.97. The minimum absolute atomic E-state index is 0.141. The van der Waals surface area contributed by atoms with Crippen LogP contribution < -0.4 is 10.2 Å². The summed E-state index contributed by atoms with van der Waals surface area (Å²) < 4.78 is 0. The van der Waals surface area contributed by atoms with Gasteiger partial charge in [0.15, 0.2) is 0 Å². The van der Waals surface area contributed by atoms with Crippen molar-refractivity contribution in [3.63, 3.8) is 0 Å². The Kier molecular flexibility index (Phi) is 2.62. The van der Waals surface area contributed by atoms with Crippen LogP contribution in [0.15, 0.2) is 36.5 Å². The molecule has 0 radical (unpaired) electrons. The highest BCUT2D eigenvalue weighted by atomic mass is 16.2. The third kappa shape index (κ3) is 2.01. The monoisotopic (exact) mass is 267 g/mol. The van der Waals surface area contributed by atoms with Gasteiger partial charge in [-0.3, -0.25) is 9.78 Å². The molecule has 1 aromatic carbocycles. The Balaban J connectivity index is 1.50. The Labute approximate surface area is 117 Å². The van der Waals surface area contributed by atoms with Gasteiger partial charge >= 0.3 is 0 Å². The van der Waals surface area contributed by atoms with Crippen molar-refractivity contribution < 1.29 is 4.79 Å². The second kappa shape index (κ2) is 4.47. The van der Waals surface area contributed by atoms with Crippen molar-refractivity contribution in [2.45, 2.75) is 18.9 Å². The minimum Gasteiger partial charge on any atom is -0.369 e. The van der Waals surface area contributed by atoms with Crippen LogP contribution in [-0.2, 0) is 4.79 Å². The van der Waals surface area contributed by atoms with E-state index in [-0.39, 0.29) is 11.8 Å². The number of carbonyl (C=O) groups excluding carboxylic acids is 1. The summed E-state index contributed by atoms with van der Waals surface area (Å²) in [4.78, 5) is 18.6. The fourth-order valence-electron chi connectivity index (χ4n) is 2.74. The SMILES string of the molecule is O=C(NC1CC1)C1CN(c2ccnc3ccccc23)C1. The molecule has 4 nitrogen and oxygen atoms in total. The summed E-state index contributed by atoms with van der Waals surface area (Å²) in [6.45, 7) is 1.62. The van der Waals surface area contributed by atoms with Crippen molar-refractivity contribution >= 4 is 22.5 Å². The van der Waals surface area contributed by atoms with E-state index in [1.54, 1.807) is 0 Å². The molecule has 2 aromatic rings. The van der Waals surface area contributed by atoms with Crippen LogP contribution in [0.3, 0.4) is 0 Å². The maximum atomic E-state index is 12.0. The second-order valence-corrected chi connectivity index (χ2v) is 5.73. The van der Waals surface area contributed by atoms with Crippen molar-refractivity contribution in [3.05, 3.63) is 36.5 Å². The quantitative estimate of drug-likeness (QED) is 0.924. The van der Waals surface area contributed by atoms with Crippen molar-refractivity contribution in [1.82, 2.24) is 10.3 Å². The normalized spacial score (nSPS) is 18.9. The molecule has 2 fully saturated rings. The van der Waals surface area contributed by atoms with Crippen LogP contribution >= 0.6 is 0 Å². The van der Waals surface area contributed by atoms with Crippen LogP contribution in [0.25, 0.3) is 10.9 Å². The summed E-state index contributed by atoms with van der Waals surface area (Å²) in [5.41, 5.74) is 2.20. The average Bonchev–Trinajstić information content (AvgIpc) is 3.21. The van der Waals surface area contributed by atoms with Crippen molar-refractivity contribution in [3.8, 4) is 0 Å². The fraction of sp³-hybridized carbons (Fsp3) is 0.375. The van der Waals surface area contributed by atoms with Gasteiger partial charge in [-0.1, -0.05) is 18.2 Å². The average molecular weight is 267 g/mol. The lowest BCUT2D eigenvalue weighted by Gasteiger charge is -2.40. The van der Waals surface area contributed by atoms with Crippen molar-refractivity contribution in [1.29, 1.82) is 0 Å². The van der Waals surface area contributed by atoms with Gasteiger partial charge in [-0.15, -0.1) is 0 Å². The van der Waals surface area contributed by atoms with Gasteiger partial charge in [0.25, 0.3) is 0 Å². The molecular weight excluding hydrogens is 250 g/mol. The number of pyridine rings is 1. The third-order valence-electron chi connectivity index (χ3n) is 4.14. The zero-order valence-corrected chi connectivity index (χ0v) is 11.2. The predicted molar refractivity (Wildman–Crippen MR) is 78.6 cm³/mol. The Bertz CT molecular complexity index is 654. The van der Waals surface area contributed by atoms with Crippen LogP contribution in [0.5, 0.6) is 0 Å². The van der Waals surface area contributed by atoms with E-state index in [4.69, 9.17) is 0 Å². The molecule has 1 amide bonds. The maximum Gasteiger partial charge on any atom is 0.226 e. The largest absolute Gasteiger partial charge is 0.369 e. The van der Waals surface area contributed by atoms with E-state index in [9.17, 15) is 4.79 Å². The molecule has 1 saturated heterocycles. The van der Waals surface area contributed by atoms with E-state index in [0.717, 1.165) is 36.8 Å². The summed E-state index contributed by atoms with van der Waals surface area (Å²) in [6, 6.07) is 10.6. The van der Waals surface area contributed by atoms with Crippen LogP contribution in [-0.4, -0.2) is 30.0 Å². The Morgan fingerprint density at radius 3 is 2.80 bits per heavy atom. The van der Waals surface area contributed by atoms with Gasteiger partial charge in [-0.05, 0) is 25.0 Å². The molecule has 1 aliphatic carbocycles. The highest BCUT2D eigenvalue weighted by molar-refractivity contribution is 5.93. The van der Waals surface area contributed by atoms with Crippen LogP contribution in [0.2, 0.25) is 0 Å². The highest BCUT2D eigenvalue weighted by Crippen LogP contribution is 2.31. The minimum atomic E-state index is 0.141. The van der Waals surface area contributed by atoms with E-state index in [1.165, 1.54) is 5.69 Å². The molecule has 4 heteroatoms. The number of rotatable bonds is 3. The first kappa shape index (κ1) is 11.7. The first-order valence-corrected chi connectivity index (χ1v) is 7.20. The summed E-state index contributed by atoms with van der Waals surface area (Å²) in [7, 11) is 0. The Morgan fingerprint density at radius 2 is 2.00 bits per heavy atom. The summed E-state index contributed by atoms with van der Waals surface area (Å²) in [5.74, 6) is 0.365. The van der Waals surface area contributed by atoms with Gasteiger partial charge in [0, 0.05) is 36.4 Å². The van der Waals surface area contributed by atoms with Gasteiger partial charge in [0.1, 0.15) is 0 Å². The Hall–Kier alpha value is -2.10. The molecule has 0 atom stereocenters. The number of nitrogens with zero attached hydrogens (tertiary/aromatic N) is 2. The molecule has 2 heterocycles. The summed E-state index contributed by atoms with van der Waals surface area (Å²) in [5, 5.41) is 4.25. The highest BCUT2D eigenvalue weighted by Gasteiger charge is 2.35. The number of hydrogen-bond acceptors (Lipinski definition) is 3. The first-order valence-electron chi connectivity index (χ1n) is 7.20. The van der Waals surface area contributed by atoms with E-state index in [1.807, 2.05) is 30.5 Å². The van der Waals surface area contributed by atoms with E-state index in [0.29, 0.717) is 6.04 Å². The molecule has 102 valence electrons. The molecule has 1 aromatic heterocycles. The molecule has 1 N–H and O–H groups in total. The van der Waals surface area contributed by atoms with E-state index < -0.39 is 0 Å². The number of hydrogen-bond donors (Lipinski definition) is 1.